The van der Waals surface area contributed by atoms with E-state index in [9.17, 15) is 5.11 Å². The summed E-state index contributed by atoms with van der Waals surface area (Å²) in [6.07, 6.45) is -0.829. The molecule has 0 saturated carbocycles. The van der Waals surface area contributed by atoms with Gasteiger partial charge in [-0.25, -0.2) is 0 Å². The summed E-state index contributed by atoms with van der Waals surface area (Å²) in [4.78, 5) is 4.14. The van der Waals surface area contributed by atoms with Gasteiger partial charge in [0.15, 0.2) is 17.5 Å². The summed E-state index contributed by atoms with van der Waals surface area (Å²) < 4.78 is 10.4. The van der Waals surface area contributed by atoms with Gasteiger partial charge in [-0.15, -0.1) is 0 Å². The lowest BCUT2D eigenvalue weighted by molar-refractivity contribution is 0.187. The number of anilines is 1. The van der Waals surface area contributed by atoms with Crippen molar-refractivity contribution in [3.8, 4) is 11.5 Å². The van der Waals surface area contributed by atoms with Crippen LogP contribution in [0.3, 0.4) is 0 Å². The minimum absolute atomic E-state index is 0.0931. The molecule has 0 radical (unpaired) electrons. The average molecular weight is 350 g/mol. The minimum Gasteiger partial charge on any atom is -0.493 e. The Balaban J connectivity index is 2.03. The molecule has 2 aromatic carbocycles. The van der Waals surface area contributed by atoms with Crippen molar-refractivity contribution in [1.29, 1.82) is 0 Å². The van der Waals surface area contributed by atoms with Crippen molar-refractivity contribution in [2.75, 3.05) is 26.1 Å². The van der Waals surface area contributed by atoms with Crippen molar-refractivity contribution in [3.05, 3.63) is 53.1 Å². The van der Waals surface area contributed by atoms with Crippen LogP contribution in [0.4, 0.5) is 5.69 Å². The number of aliphatic imine (C=N–C) groups is 1. The number of rotatable bonds is 6. The van der Waals surface area contributed by atoms with Gasteiger partial charge in [0.1, 0.15) is 6.10 Å². The third-order valence-electron chi connectivity index (χ3n) is 3.35. The summed E-state index contributed by atoms with van der Waals surface area (Å²) in [7, 11) is 3.12. The molecule has 0 bridgehead atoms. The molecule has 0 saturated heterocycles. The van der Waals surface area contributed by atoms with E-state index in [2.05, 4.69) is 10.3 Å². The Labute approximate surface area is 145 Å². The third kappa shape index (κ3) is 4.53. The van der Waals surface area contributed by atoms with Gasteiger partial charge in [0.05, 0.1) is 20.8 Å². The monoisotopic (exact) mass is 349 g/mol. The van der Waals surface area contributed by atoms with Crippen LogP contribution in [-0.4, -0.2) is 31.8 Å². The number of hydrogen-bond acceptors (Lipinski definition) is 4. The number of nitrogens with two attached hydrogens (primary N) is 1. The Morgan fingerprint density at radius 3 is 2.58 bits per heavy atom. The Morgan fingerprint density at radius 2 is 1.92 bits per heavy atom. The topological polar surface area (TPSA) is 89.1 Å². The molecule has 0 aliphatic rings. The highest BCUT2D eigenvalue weighted by atomic mass is 35.5. The van der Waals surface area contributed by atoms with Crippen molar-refractivity contribution in [2.45, 2.75) is 6.10 Å². The van der Waals surface area contributed by atoms with Crippen molar-refractivity contribution in [3.63, 3.8) is 0 Å². The molecule has 0 heterocycles. The van der Waals surface area contributed by atoms with Crippen molar-refractivity contribution in [1.82, 2.24) is 0 Å². The van der Waals surface area contributed by atoms with Gasteiger partial charge in [0.25, 0.3) is 0 Å². The zero-order valence-electron chi connectivity index (χ0n) is 13.5. The first-order chi connectivity index (χ1) is 11.5. The Morgan fingerprint density at radius 1 is 1.21 bits per heavy atom. The van der Waals surface area contributed by atoms with E-state index in [1.165, 1.54) is 0 Å². The highest BCUT2D eigenvalue weighted by Crippen LogP contribution is 2.29. The summed E-state index contributed by atoms with van der Waals surface area (Å²) in [6, 6.07) is 12.4. The van der Waals surface area contributed by atoms with E-state index in [0.29, 0.717) is 27.8 Å². The lowest BCUT2D eigenvalue weighted by Gasteiger charge is -2.12. The van der Waals surface area contributed by atoms with Gasteiger partial charge in [0, 0.05) is 22.3 Å². The van der Waals surface area contributed by atoms with Crippen LogP contribution >= 0.6 is 11.6 Å². The molecule has 0 spiro atoms. The molecule has 2 aromatic rings. The number of benzene rings is 2. The Hall–Kier alpha value is -2.44. The van der Waals surface area contributed by atoms with E-state index < -0.39 is 6.10 Å². The molecular formula is C17H20ClN3O3. The lowest BCUT2D eigenvalue weighted by atomic mass is 10.1. The lowest BCUT2D eigenvalue weighted by Crippen LogP contribution is -2.23. The summed E-state index contributed by atoms with van der Waals surface area (Å²) in [5, 5.41) is 13.6. The second-order valence-electron chi connectivity index (χ2n) is 4.96. The molecule has 0 amide bonds. The second-order valence-corrected chi connectivity index (χ2v) is 5.37. The first kappa shape index (κ1) is 17.9. The number of guanidine groups is 1. The maximum absolute atomic E-state index is 10.2. The van der Waals surface area contributed by atoms with Gasteiger partial charge in [-0.3, -0.25) is 4.99 Å². The largest absolute Gasteiger partial charge is 0.493 e. The normalized spacial score (nSPS) is 12.6. The number of nitrogens with one attached hydrogen (secondary N) is 1. The smallest absolute Gasteiger partial charge is 0.193 e. The standard InChI is InChI=1S/C17H20ClN3O3/c1-23-15-8-7-11(9-16(15)24-2)21-17(19)20-10-14(22)12-5-3-4-6-13(12)18/h3-9,14,22H,10H2,1-2H3,(H3,19,20,21). The zero-order valence-corrected chi connectivity index (χ0v) is 14.2. The van der Waals surface area contributed by atoms with E-state index in [1.54, 1.807) is 56.7 Å². The van der Waals surface area contributed by atoms with Crippen molar-refractivity contribution in [2.24, 2.45) is 10.7 Å². The Bertz CT molecular complexity index is 722. The van der Waals surface area contributed by atoms with Crippen LogP contribution in [-0.2, 0) is 0 Å². The number of aliphatic hydroxyl groups excluding tert-OH is 1. The van der Waals surface area contributed by atoms with Crippen LogP contribution in [0.1, 0.15) is 11.7 Å². The first-order valence-electron chi connectivity index (χ1n) is 7.26. The fraction of sp³-hybridized carbons (Fsp3) is 0.235. The van der Waals surface area contributed by atoms with Crippen LogP contribution in [0.25, 0.3) is 0 Å². The first-order valence-corrected chi connectivity index (χ1v) is 7.64. The van der Waals surface area contributed by atoms with Gasteiger partial charge in [-0.2, -0.15) is 0 Å². The highest BCUT2D eigenvalue weighted by Gasteiger charge is 2.11. The van der Waals surface area contributed by atoms with Gasteiger partial charge in [-0.1, -0.05) is 29.8 Å². The summed E-state index contributed by atoms with van der Waals surface area (Å²) in [6.45, 7) is 0.0931. The molecule has 1 atom stereocenters. The molecule has 24 heavy (non-hydrogen) atoms. The van der Waals surface area contributed by atoms with E-state index >= 15 is 0 Å². The number of nitrogens with zero attached hydrogens (tertiary/aromatic N) is 1. The number of halogens is 1. The number of aliphatic hydroxyl groups is 1. The van der Waals surface area contributed by atoms with Crippen LogP contribution in [0.2, 0.25) is 5.02 Å². The molecule has 0 aliphatic carbocycles. The molecule has 1 unspecified atom stereocenters. The van der Waals surface area contributed by atoms with Crippen LogP contribution in [0.5, 0.6) is 11.5 Å². The van der Waals surface area contributed by atoms with Crippen LogP contribution < -0.4 is 20.5 Å². The van der Waals surface area contributed by atoms with Gasteiger partial charge in [-0.05, 0) is 18.2 Å². The van der Waals surface area contributed by atoms with E-state index in [0.717, 1.165) is 0 Å². The molecule has 0 fully saturated rings. The molecule has 6 nitrogen and oxygen atoms in total. The molecule has 2 rings (SSSR count). The quantitative estimate of drug-likeness (QED) is 0.551. The van der Waals surface area contributed by atoms with E-state index in [4.69, 9.17) is 26.8 Å². The molecule has 7 heteroatoms. The molecule has 4 N–H and O–H groups in total. The fourth-order valence-corrected chi connectivity index (χ4v) is 2.39. The average Bonchev–Trinajstić information content (AvgIpc) is 2.60. The SMILES string of the molecule is COc1ccc(NC(N)=NCC(O)c2ccccc2Cl)cc1OC. The Kier molecular flexibility index (Phi) is 6.28. The molecular weight excluding hydrogens is 330 g/mol. The molecule has 128 valence electrons. The molecule has 0 aliphatic heterocycles. The van der Waals surface area contributed by atoms with E-state index in [1.807, 2.05) is 0 Å². The number of methoxy groups -OCH3 is 2. The predicted octanol–water partition coefficient (Wildman–Crippen LogP) is 2.82. The number of hydrogen-bond donors (Lipinski definition) is 3. The fourth-order valence-electron chi connectivity index (χ4n) is 2.13. The summed E-state index contributed by atoms with van der Waals surface area (Å²) in [5.74, 6) is 1.37. The maximum Gasteiger partial charge on any atom is 0.193 e. The maximum atomic E-state index is 10.2. The number of ether oxygens (including phenoxy) is 2. The molecule has 0 aromatic heterocycles. The van der Waals surface area contributed by atoms with Gasteiger partial charge < -0.3 is 25.6 Å². The summed E-state index contributed by atoms with van der Waals surface area (Å²) >= 11 is 6.05. The summed E-state index contributed by atoms with van der Waals surface area (Å²) in [5.41, 5.74) is 7.16. The van der Waals surface area contributed by atoms with Crippen LogP contribution in [0.15, 0.2) is 47.5 Å². The predicted molar refractivity (Wildman–Crippen MR) is 96.1 cm³/mol. The van der Waals surface area contributed by atoms with Crippen LogP contribution in [0, 0.1) is 0 Å². The second kappa shape index (κ2) is 8.42. The van der Waals surface area contributed by atoms with E-state index in [-0.39, 0.29) is 12.5 Å². The van der Waals surface area contributed by atoms with Gasteiger partial charge >= 0.3 is 0 Å². The highest BCUT2D eigenvalue weighted by molar-refractivity contribution is 6.31. The van der Waals surface area contributed by atoms with Gasteiger partial charge in [0.2, 0.25) is 0 Å². The van der Waals surface area contributed by atoms with Crippen molar-refractivity contribution < 1.29 is 14.6 Å². The third-order valence-corrected chi connectivity index (χ3v) is 3.70. The van der Waals surface area contributed by atoms with Crippen molar-refractivity contribution >= 4 is 23.2 Å². The zero-order chi connectivity index (χ0) is 17.5. The minimum atomic E-state index is -0.829.